The van der Waals surface area contributed by atoms with Crippen LogP contribution in [0.3, 0.4) is 0 Å². The van der Waals surface area contributed by atoms with Gasteiger partial charge in [0.1, 0.15) is 5.75 Å². The third-order valence-electron chi connectivity index (χ3n) is 4.36. The fraction of sp³-hybridized carbons (Fsp3) is 0.182. The van der Waals surface area contributed by atoms with E-state index >= 15 is 0 Å². The molecule has 162 valence electrons. The van der Waals surface area contributed by atoms with Crippen molar-refractivity contribution >= 4 is 42.6 Å². The Labute approximate surface area is 185 Å². The van der Waals surface area contributed by atoms with Crippen molar-refractivity contribution in [3.63, 3.8) is 0 Å². The Morgan fingerprint density at radius 1 is 1.19 bits per heavy atom. The summed E-state index contributed by atoms with van der Waals surface area (Å²) < 4.78 is 33.3. The maximum Gasteiger partial charge on any atom is 0.264 e. The van der Waals surface area contributed by atoms with Gasteiger partial charge in [0.2, 0.25) is 10.0 Å². The van der Waals surface area contributed by atoms with Crippen molar-refractivity contribution in [3.05, 3.63) is 73.3 Å². The number of amides is 1. The zero-order valence-electron chi connectivity index (χ0n) is 17.1. The number of aryl methyl sites for hydroxylation is 1. The van der Waals surface area contributed by atoms with Gasteiger partial charge >= 0.3 is 0 Å². The lowest BCUT2D eigenvalue weighted by molar-refractivity contribution is -0.118. The number of nitrogens with one attached hydrogen (secondary N) is 1. The zero-order valence-corrected chi connectivity index (χ0v) is 18.7. The molecule has 1 aromatic heterocycles. The van der Waals surface area contributed by atoms with Gasteiger partial charge < -0.3 is 4.74 Å². The smallest absolute Gasteiger partial charge is 0.264 e. The van der Waals surface area contributed by atoms with Crippen LogP contribution >= 0.6 is 11.3 Å². The van der Waals surface area contributed by atoms with E-state index in [2.05, 4.69) is 23.5 Å². The van der Waals surface area contributed by atoms with Crippen molar-refractivity contribution in [2.24, 2.45) is 0 Å². The van der Waals surface area contributed by atoms with Crippen molar-refractivity contribution in [1.82, 2.24) is 9.29 Å². The number of nitrogens with zero attached hydrogens (tertiary/aromatic N) is 2. The van der Waals surface area contributed by atoms with Crippen LogP contribution in [0.4, 0.5) is 5.13 Å². The molecule has 0 radical (unpaired) electrons. The first kappa shape index (κ1) is 22.7. The molecule has 0 bridgehead atoms. The van der Waals surface area contributed by atoms with Crippen molar-refractivity contribution in [2.45, 2.75) is 11.8 Å². The first-order chi connectivity index (χ1) is 14.8. The number of carbonyl (C=O) groups excluding carboxylic acids is 1. The van der Waals surface area contributed by atoms with Gasteiger partial charge in [-0.2, -0.15) is 4.31 Å². The molecule has 31 heavy (non-hydrogen) atoms. The second kappa shape index (κ2) is 9.86. The van der Waals surface area contributed by atoms with Gasteiger partial charge in [-0.3, -0.25) is 10.1 Å². The number of para-hydroxylation sites is 1. The van der Waals surface area contributed by atoms with Crippen LogP contribution in [0.15, 0.2) is 72.7 Å². The van der Waals surface area contributed by atoms with Crippen molar-refractivity contribution in [3.8, 4) is 5.75 Å². The van der Waals surface area contributed by atoms with E-state index in [1.165, 1.54) is 33.9 Å². The summed E-state index contributed by atoms with van der Waals surface area (Å²) >= 11 is 1.20. The van der Waals surface area contributed by atoms with E-state index in [1.807, 2.05) is 25.1 Å². The molecule has 9 heteroatoms. The molecule has 2 aromatic carbocycles. The minimum absolute atomic E-state index is 0.146. The lowest BCUT2D eigenvalue weighted by Crippen LogP contribution is -2.31. The molecule has 1 amide bonds. The molecule has 1 N–H and O–H groups in total. The third-order valence-corrected chi connectivity index (χ3v) is 7.12. The van der Waals surface area contributed by atoms with Crippen LogP contribution in [-0.4, -0.2) is 43.3 Å². The van der Waals surface area contributed by atoms with Gasteiger partial charge in [0, 0.05) is 13.1 Å². The maximum atomic E-state index is 12.9. The van der Waals surface area contributed by atoms with Crippen molar-refractivity contribution in [1.29, 1.82) is 0 Å². The average molecular weight is 458 g/mol. The number of hydrogen-bond acceptors (Lipinski definition) is 6. The highest BCUT2D eigenvalue weighted by molar-refractivity contribution is 7.89. The molecule has 0 aliphatic heterocycles. The molecular weight excluding hydrogens is 434 g/mol. The molecule has 0 aliphatic carbocycles. The molecule has 0 spiro atoms. The predicted molar refractivity (Wildman–Crippen MR) is 124 cm³/mol. The van der Waals surface area contributed by atoms with Crippen LogP contribution in [-0.2, 0) is 14.8 Å². The minimum atomic E-state index is -3.71. The van der Waals surface area contributed by atoms with Gasteiger partial charge in [-0.25, -0.2) is 13.4 Å². The molecule has 1 heterocycles. The van der Waals surface area contributed by atoms with E-state index in [-0.39, 0.29) is 30.5 Å². The number of sulfonamides is 1. The first-order valence-electron chi connectivity index (χ1n) is 9.46. The summed E-state index contributed by atoms with van der Waals surface area (Å²) in [7, 11) is -3.71. The fourth-order valence-corrected chi connectivity index (χ4v) is 5.25. The molecule has 3 aromatic rings. The largest absolute Gasteiger partial charge is 0.483 e. The highest BCUT2D eigenvalue weighted by Crippen LogP contribution is 2.29. The molecule has 0 saturated heterocycles. The monoisotopic (exact) mass is 457 g/mol. The number of aromatic nitrogens is 1. The van der Waals surface area contributed by atoms with E-state index < -0.39 is 10.0 Å². The molecule has 0 atom stereocenters. The number of hydrogen-bond donors (Lipinski definition) is 1. The summed E-state index contributed by atoms with van der Waals surface area (Å²) in [5.74, 6) is 0.290. The van der Waals surface area contributed by atoms with E-state index in [0.29, 0.717) is 21.1 Å². The number of fused-ring (bicyclic) bond motifs is 1. The second-order valence-electron chi connectivity index (χ2n) is 6.65. The summed E-state index contributed by atoms with van der Waals surface area (Å²) in [6, 6.07) is 12.1. The Kier molecular flexibility index (Phi) is 7.21. The molecule has 7 nitrogen and oxygen atoms in total. The number of benzene rings is 2. The van der Waals surface area contributed by atoms with Crippen molar-refractivity contribution in [2.75, 3.05) is 25.0 Å². The lowest BCUT2D eigenvalue weighted by Gasteiger charge is -2.18. The number of anilines is 1. The summed E-state index contributed by atoms with van der Waals surface area (Å²) in [5.41, 5.74) is 1.53. The normalized spacial score (nSPS) is 11.4. The maximum absolute atomic E-state index is 12.9. The molecule has 0 aliphatic rings. The van der Waals surface area contributed by atoms with Gasteiger partial charge in [0.05, 0.1) is 15.1 Å². The molecule has 3 rings (SSSR count). The van der Waals surface area contributed by atoms with Crippen LogP contribution in [0.1, 0.15) is 5.56 Å². The average Bonchev–Trinajstić information content (AvgIpc) is 3.14. The number of rotatable bonds is 10. The predicted octanol–water partition coefficient (Wildman–Crippen LogP) is 3.98. The second-order valence-corrected chi connectivity index (χ2v) is 9.62. The van der Waals surface area contributed by atoms with Crippen molar-refractivity contribution < 1.29 is 17.9 Å². The van der Waals surface area contributed by atoms with Gasteiger partial charge in [0.25, 0.3) is 5.91 Å². The van der Waals surface area contributed by atoms with Crippen LogP contribution in [0.2, 0.25) is 0 Å². The van der Waals surface area contributed by atoms with Gasteiger partial charge in [0.15, 0.2) is 11.7 Å². The first-order valence-corrected chi connectivity index (χ1v) is 11.7. The summed E-state index contributed by atoms with van der Waals surface area (Å²) in [5, 5.41) is 3.07. The number of ether oxygens (including phenoxy) is 1. The number of thiazole rings is 1. The van der Waals surface area contributed by atoms with Crippen LogP contribution < -0.4 is 10.1 Å². The topological polar surface area (TPSA) is 88.6 Å². The van der Waals surface area contributed by atoms with Gasteiger partial charge in [-0.1, -0.05) is 41.7 Å². The summed E-state index contributed by atoms with van der Waals surface area (Å²) in [6.45, 7) is 9.32. The lowest BCUT2D eigenvalue weighted by atomic mass is 10.2. The quantitative estimate of drug-likeness (QED) is 0.465. The van der Waals surface area contributed by atoms with E-state index in [0.717, 1.165) is 5.56 Å². The minimum Gasteiger partial charge on any atom is -0.483 e. The molecule has 0 fully saturated rings. The van der Waals surface area contributed by atoms with E-state index in [1.54, 1.807) is 18.2 Å². The van der Waals surface area contributed by atoms with Gasteiger partial charge in [-0.15, -0.1) is 13.2 Å². The van der Waals surface area contributed by atoms with E-state index in [9.17, 15) is 13.2 Å². The van der Waals surface area contributed by atoms with Crippen LogP contribution in [0.25, 0.3) is 10.2 Å². The fourth-order valence-electron chi connectivity index (χ4n) is 2.84. The zero-order chi connectivity index (χ0) is 22.4. The Morgan fingerprint density at radius 2 is 1.90 bits per heavy atom. The molecule has 0 saturated carbocycles. The summed E-state index contributed by atoms with van der Waals surface area (Å²) in [4.78, 5) is 16.7. The molecular formula is C22H23N3O4S2. The highest BCUT2D eigenvalue weighted by atomic mass is 32.2. The Balaban J connectivity index is 1.74. The summed E-state index contributed by atoms with van der Waals surface area (Å²) in [6.07, 6.45) is 3.05. The third kappa shape index (κ3) is 5.38. The Bertz CT molecular complexity index is 1210. The van der Waals surface area contributed by atoms with Gasteiger partial charge in [-0.05, 0) is 36.8 Å². The van der Waals surface area contributed by atoms with Crippen LogP contribution in [0.5, 0.6) is 5.75 Å². The molecule has 0 unspecified atom stereocenters. The van der Waals surface area contributed by atoms with E-state index in [4.69, 9.17) is 4.74 Å². The Morgan fingerprint density at radius 3 is 2.58 bits per heavy atom. The highest BCUT2D eigenvalue weighted by Gasteiger charge is 2.23. The number of carbonyl (C=O) groups is 1. The SMILES string of the molecule is C=CCN(CC=C)S(=O)(=O)c1ccc2nc(NC(=O)COc3ccccc3C)sc2c1. The van der Waals surface area contributed by atoms with Crippen LogP contribution in [0, 0.1) is 6.92 Å². The Hall–Kier alpha value is -3.01. The standard InChI is InChI=1S/C22H23N3O4S2/c1-4-12-25(13-5-2)31(27,28)17-10-11-18-20(14-17)30-22(23-18)24-21(26)15-29-19-9-7-6-8-16(19)3/h4-11,14H,1-2,12-13,15H2,3H3,(H,23,24,26).